The van der Waals surface area contributed by atoms with Crippen LogP contribution in [-0.2, 0) is 24.2 Å². The summed E-state index contributed by atoms with van der Waals surface area (Å²) in [6.07, 6.45) is 4.66. The molecule has 5 nitrogen and oxygen atoms in total. The van der Waals surface area contributed by atoms with Gasteiger partial charge < -0.3 is 10.1 Å². The number of aryl methyl sites for hydroxylation is 2. The summed E-state index contributed by atoms with van der Waals surface area (Å²) in [7, 11) is 1.66. The number of rotatable bonds is 7. The first-order chi connectivity index (χ1) is 10.1. The average molecular weight is 307 g/mol. The fourth-order valence-corrected chi connectivity index (χ4v) is 3.09. The quantitative estimate of drug-likeness (QED) is 0.854. The van der Waals surface area contributed by atoms with E-state index in [-0.39, 0.29) is 5.91 Å². The summed E-state index contributed by atoms with van der Waals surface area (Å²) in [5, 5.41) is 7.16. The zero-order valence-corrected chi connectivity index (χ0v) is 13.5. The van der Waals surface area contributed by atoms with Crippen LogP contribution < -0.4 is 5.32 Å². The van der Waals surface area contributed by atoms with Crippen molar-refractivity contribution >= 4 is 17.2 Å². The van der Waals surface area contributed by atoms with Gasteiger partial charge in [0.1, 0.15) is 0 Å². The molecular weight excluding hydrogens is 286 g/mol. The van der Waals surface area contributed by atoms with Gasteiger partial charge in [-0.3, -0.25) is 9.48 Å². The van der Waals surface area contributed by atoms with Gasteiger partial charge in [0, 0.05) is 30.3 Å². The zero-order chi connectivity index (χ0) is 15.2. The molecule has 2 heterocycles. The van der Waals surface area contributed by atoms with E-state index in [4.69, 9.17) is 4.74 Å². The predicted octanol–water partition coefficient (Wildman–Crippen LogP) is 2.39. The van der Waals surface area contributed by atoms with Crippen LogP contribution in [0.3, 0.4) is 0 Å². The molecule has 0 bridgehead atoms. The van der Waals surface area contributed by atoms with Crippen LogP contribution in [0.4, 0.5) is 0 Å². The van der Waals surface area contributed by atoms with Crippen LogP contribution in [-0.4, -0.2) is 29.4 Å². The second-order valence-electron chi connectivity index (χ2n) is 4.83. The lowest BCUT2D eigenvalue weighted by Crippen LogP contribution is -2.21. The maximum Gasteiger partial charge on any atom is 0.261 e. The Kier molecular flexibility index (Phi) is 5.52. The van der Waals surface area contributed by atoms with Crippen molar-refractivity contribution in [1.29, 1.82) is 0 Å². The lowest BCUT2D eigenvalue weighted by Gasteiger charge is -2.01. The lowest BCUT2D eigenvalue weighted by molar-refractivity contribution is 0.0955. The molecule has 2 aromatic rings. The molecule has 0 spiro atoms. The van der Waals surface area contributed by atoms with Gasteiger partial charge in [-0.2, -0.15) is 5.10 Å². The molecule has 0 fully saturated rings. The molecular formula is C15H21N3O2S. The molecule has 0 aromatic carbocycles. The molecule has 0 aliphatic carbocycles. The van der Waals surface area contributed by atoms with Gasteiger partial charge in [0.15, 0.2) is 0 Å². The highest BCUT2D eigenvalue weighted by molar-refractivity contribution is 7.14. The van der Waals surface area contributed by atoms with Crippen LogP contribution in [0.5, 0.6) is 0 Å². The van der Waals surface area contributed by atoms with Gasteiger partial charge in [-0.05, 0) is 25.0 Å². The average Bonchev–Trinajstić information content (AvgIpc) is 3.08. The number of nitrogens with zero attached hydrogens (tertiary/aromatic N) is 2. The van der Waals surface area contributed by atoms with Crippen LogP contribution in [0.2, 0.25) is 0 Å². The molecule has 21 heavy (non-hydrogen) atoms. The van der Waals surface area contributed by atoms with E-state index in [1.54, 1.807) is 24.6 Å². The van der Waals surface area contributed by atoms with E-state index in [9.17, 15) is 4.79 Å². The summed E-state index contributed by atoms with van der Waals surface area (Å²) in [6, 6.07) is 1.98. The number of hydrogen-bond acceptors (Lipinski definition) is 4. The number of methoxy groups -OCH3 is 1. The van der Waals surface area contributed by atoms with Crippen LogP contribution in [0.25, 0.3) is 0 Å². The van der Waals surface area contributed by atoms with E-state index in [1.807, 2.05) is 16.9 Å². The van der Waals surface area contributed by atoms with Crippen molar-refractivity contribution in [3.63, 3.8) is 0 Å². The summed E-state index contributed by atoms with van der Waals surface area (Å²) >= 11 is 1.55. The van der Waals surface area contributed by atoms with Gasteiger partial charge in [-0.25, -0.2) is 0 Å². The first-order valence-corrected chi connectivity index (χ1v) is 7.83. The van der Waals surface area contributed by atoms with Gasteiger partial charge in [0.05, 0.1) is 24.2 Å². The van der Waals surface area contributed by atoms with Gasteiger partial charge in [-0.1, -0.05) is 6.92 Å². The monoisotopic (exact) mass is 307 g/mol. The number of carbonyl (C=O) groups is 1. The highest BCUT2D eigenvalue weighted by Gasteiger charge is 2.11. The maximum absolute atomic E-state index is 12.1. The number of carbonyl (C=O) groups excluding carboxylic acids is 1. The Labute approximate surface area is 128 Å². The van der Waals surface area contributed by atoms with E-state index in [1.165, 1.54) is 10.4 Å². The second-order valence-corrected chi connectivity index (χ2v) is 6.09. The van der Waals surface area contributed by atoms with Crippen LogP contribution in [0.1, 0.15) is 32.6 Å². The fraction of sp³-hybridized carbons (Fsp3) is 0.467. The van der Waals surface area contributed by atoms with Gasteiger partial charge in [0.2, 0.25) is 0 Å². The van der Waals surface area contributed by atoms with E-state index < -0.39 is 0 Å². The zero-order valence-electron chi connectivity index (χ0n) is 12.7. The van der Waals surface area contributed by atoms with Crippen molar-refractivity contribution < 1.29 is 9.53 Å². The molecule has 114 valence electrons. The first kappa shape index (κ1) is 15.7. The third-order valence-electron chi connectivity index (χ3n) is 3.29. The first-order valence-electron chi connectivity index (χ1n) is 7.01. The van der Waals surface area contributed by atoms with E-state index >= 15 is 0 Å². The molecule has 2 rings (SSSR count). The Hall–Kier alpha value is -1.66. The number of hydrogen-bond donors (Lipinski definition) is 1. The minimum absolute atomic E-state index is 0.0209. The summed E-state index contributed by atoms with van der Waals surface area (Å²) in [4.78, 5) is 14.1. The fourth-order valence-electron chi connectivity index (χ4n) is 2.06. The third-order valence-corrected chi connectivity index (χ3v) is 4.38. The van der Waals surface area contributed by atoms with Crippen molar-refractivity contribution in [2.24, 2.45) is 0 Å². The molecule has 2 aromatic heterocycles. The third kappa shape index (κ3) is 4.15. The molecule has 1 amide bonds. The van der Waals surface area contributed by atoms with Crippen molar-refractivity contribution in [3.05, 3.63) is 39.3 Å². The largest absolute Gasteiger partial charge is 0.383 e. The Morgan fingerprint density at radius 1 is 1.52 bits per heavy atom. The minimum atomic E-state index is -0.0209. The number of thiophene rings is 1. The van der Waals surface area contributed by atoms with E-state index in [0.717, 1.165) is 16.9 Å². The molecule has 0 aliphatic rings. The summed E-state index contributed by atoms with van der Waals surface area (Å²) in [5.41, 5.74) is 2.24. The van der Waals surface area contributed by atoms with Crippen LogP contribution in [0.15, 0.2) is 18.5 Å². The van der Waals surface area contributed by atoms with Gasteiger partial charge in [-0.15, -0.1) is 11.3 Å². The molecule has 0 aliphatic heterocycles. The SMILES string of the molecule is CCc1cc(C(=O)NCc2cnn(CCOC)c2)sc1C. The Bertz CT molecular complexity index is 604. The molecule has 1 N–H and O–H groups in total. The highest BCUT2D eigenvalue weighted by atomic mass is 32.1. The minimum Gasteiger partial charge on any atom is -0.383 e. The predicted molar refractivity (Wildman–Crippen MR) is 83.7 cm³/mol. The van der Waals surface area contributed by atoms with Crippen molar-refractivity contribution in [2.45, 2.75) is 33.4 Å². The van der Waals surface area contributed by atoms with Crippen LogP contribution in [0, 0.1) is 6.92 Å². The standard InChI is InChI=1S/C15H21N3O2S/c1-4-13-7-14(21-11(13)2)15(19)16-8-12-9-17-18(10-12)5-6-20-3/h7,9-10H,4-6,8H2,1-3H3,(H,16,19). The number of aromatic nitrogens is 2. The molecule has 6 heteroatoms. The molecule has 0 saturated heterocycles. The maximum atomic E-state index is 12.1. The Balaban J connectivity index is 1.89. The Morgan fingerprint density at radius 3 is 3.00 bits per heavy atom. The summed E-state index contributed by atoms with van der Waals surface area (Å²) < 4.78 is 6.82. The molecule has 0 atom stereocenters. The topological polar surface area (TPSA) is 56.2 Å². The Morgan fingerprint density at radius 2 is 2.33 bits per heavy atom. The van der Waals surface area contributed by atoms with Crippen molar-refractivity contribution in [3.8, 4) is 0 Å². The number of nitrogens with one attached hydrogen (secondary N) is 1. The van der Waals surface area contributed by atoms with Crippen LogP contribution >= 0.6 is 11.3 Å². The van der Waals surface area contributed by atoms with E-state index in [0.29, 0.717) is 19.7 Å². The van der Waals surface area contributed by atoms with E-state index in [2.05, 4.69) is 24.3 Å². The normalized spacial score (nSPS) is 10.8. The lowest BCUT2D eigenvalue weighted by atomic mass is 10.2. The summed E-state index contributed by atoms with van der Waals surface area (Å²) in [5.74, 6) is -0.0209. The second kappa shape index (κ2) is 7.38. The van der Waals surface area contributed by atoms with Gasteiger partial charge >= 0.3 is 0 Å². The highest BCUT2D eigenvalue weighted by Crippen LogP contribution is 2.21. The van der Waals surface area contributed by atoms with Gasteiger partial charge in [0.25, 0.3) is 5.91 Å². The summed E-state index contributed by atoms with van der Waals surface area (Å²) in [6.45, 7) is 5.99. The molecule has 0 unspecified atom stereocenters. The number of ether oxygens (including phenoxy) is 1. The van der Waals surface area contributed by atoms with Crippen molar-refractivity contribution in [1.82, 2.24) is 15.1 Å². The molecule has 0 saturated carbocycles. The smallest absolute Gasteiger partial charge is 0.261 e. The molecule has 0 radical (unpaired) electrons. The number of amides is 1. The van der Waals surface area contributed by atoms with Crippen molar-refractivity contribution in [2.75, 3.05) is 13.7 Å².